The molecule has 1 aromatic rings. The number of hydrogen-bond acceptors (Lipinski definition) is 2. The third-order valence-corrected chi connectivity index (χ3v) is 5.17. The van der Waals surface area contributed by atoms with Crippen molar-refractivity contribution in [3.8, 4) is 0 Å². The molecule has 1 aliphatic carbocycles. The number of fused-ring (bicyclic) bond motifs is 1. The fourth-order valence-corrected chi connectivity index (χ4v) is 3.74. The average Bonchev–Trinajstić information content (AvgIpc) is 2.98. The summed E-state index contributed by atoms with van der Waals surface area (Å²) in [4.78, 5) is 25.3. The van der Waals surface area contributed by atoms with Gasteiger partial charge in [0.1, 0.15) is 0 Å². The summed E-state index contributed by atoms with van der Waals surface area (Å²) < 4.78 is 0. The second-order valence-corrected chi connectivity index (χ2v) is 6.77. The number of aryl methyl sites for hydroxylation is 1. The van der Waals surface area contributed by atoms with Crippen molar-refractivity contribution in [3.05, 3.63) is 35.4 Å². The first-order chi connectivity index (χ1) is 11.1. The van der Waals surface area contributed by atoms with Crippen LogP contribution >= 0.6 is 0 Å². The summed E-state index contributed by atoms with van der Waals surface area (Å²) in [7, 11) is 0. The molecule has 0 aromatic heterocycles. The fraction of sp³-hybridized carbons (Fsp3) is 0.556. The van der Waals surface area contributed by atoms with Gasteiger partial charge in [-0.15, -0.1) is 0 Å². The van der Waals surface area contributed by atoms with Crippen LogP contribution in [0, 0.1) is 11.8 Å². The van der Waals surface area contributed by atoms with Gasteiger partial charge in [0, 0.05) is 13.1 Å². The van der Waals surface area contributed by atoms with Crippen molar-refractivity contribution in [2.75, 3.05) is 13.1 Å². The van der Waals surface area contributed by atoms with E-state index in [0.29, 0.717) is 25.4 Å². The Balaban J connectivity index is 1.73. The van der Waals surface area contributed by atoms with Crippen LogP contribution in [-0.2, 0) is 11.2 Å². The lowest BCUT2D eigenvalue weighted by molar-refractivity contribution is -0.141. The predicted octanol–water partition coefficient (Wildman–Crippen LogP) is 2.82. The van der Waals surface area contributed by atoms with Gasteiger partial charge in [0.2, 0.25) is 0 Å². The van der Waals surface area contributed by atoms with Crippen molar-refractivity contribution in [1.82, 2.24) is 10.2 Å². The third kappa shape index (κ3) is 3.33. The molecule has 5 nitrogen and oxygen atoms in total. The van der Waals surface area contributed by atoms with Gasteiger partial charge < -0.3 is 15.3 Å². The van der Waals surface area contributed by atoms with E-state index in [9.17, 15) is 9.59 Å². The van der Waals surface area contributed by atoms with Crippen LogP contribution in [-0.4, -0.2) is 35.1 Å². The molecule has 3 rings (SSSR count). The number of urea groups is 1. The largest absolute Gasteiger partial charge is 0.481 e. The Labute approximate surface area is 136 Å². The molecule has 1 aliphatic heterocycles. The quantitative estimate of drug-likeness (QED) is 0.824. The number of aliphatic carboxylic acids is 1. The number of likely N-dealkylation sites (tertiary alicyclic amines) is 1. The van der Waals surface area contributed by atoms with Crippen molar-refractivity contribution >= 4 is 12.0 Å². The molecule has 3 unspecified atom stereocenters. The van der Waals surface area contributed by atoms with Gasteiger partial charge >= 0.3 is 12.0 Å². The second kappa shape index (κ2) is 6.60. The standard InChI is InChI=1S/C18H24N2O3/c1-12-5-4-7-13-6-2-3-8-15(13)16(12)19-18(23)20-10-9-14(11-20)17(21)22/h2-3,6,8,12,14,16H,4-5,7,9-11H2,1H3,(H,19,23)(H,21,22). The van der Waals surface area contributed by atoms with Crippen molar-refractivity contribution in [2.45, 2.75) is 38.6 Å². The van der Waals surface area contributed by atoms with Crippen LogP contribution in [0.4, 0.5) is 4.79 Å². The van der Waals surface area contributed by atoms with Crippen LogP contribution in [0.2, 0.25) is 0 Å². The zero-order valence-electron chi connectivity index (χ0n) is 13.5. The van der Waals surface area contributed by atoms with Crippen molar-refractivity contribution < 1.29 is 14.7 Å². The molecule has 124 valence electrons. The molecule has 23 heavy (non-hydrogen) atoms. The highest BCUT2D eigenvalue weighted by atomic mass is 16.4. The van der Waals surface area contributed by atoms with Gasteiger partial charge in [-0.3, -0.25) is 4.79 Å². The highest BCUT2D eigenvalue weighted by Crippen LogP contribution is 2.33. The number of rotatable bonds is 2. The molecule has 1 heterocycles. The van der Waals surface area contributed by atoms with Crippen LogP contribution in [0.15, 0.2) is 24.3 Å². The lowest BCUT2D eigenvalue weighted by Crippen LogP contribution is -2.42. The van der Waals surface area contributed by atoms with E-state index in [1.807, 2.05) is 12.1 Å². The molecular weight excluding hydrogens is 292 g/mol. The summed E-state index contributed by atoms with van der Waals surface area (Å²) in [5, 5.41) is 12.2. The molecule has 2 amide bonds. The maximum absolute atomic E-state index is 12.6. The first-order valence-electron chi connectivity index (χ1n) is 8.42. The summed E-state index contributed by atoms with van der Waals surface area (Å²) >= 11 is 0. The highest BCUT2D eigenvalue weighted by molar-refractivity contribution is 5.77. The highest BCUT2D eigenvalue weighted by Gasteiger charge is 2.33. The lowest BCUT2D eigenvalue weighted by atomic mass is 9.92. The smallest absolute Gasteiger partial charge is 0.317 e. The third-order valence-electron chi connectivity index (χ3n) is 5.17. The summed E-state index contributed by atoms with van der Waals surface area (Å²) in [6.45, 7) is 3.01. The maximum Gasteiger partial charge on any atom is 0.317 e. The fourth-order valence-electron chi connectivity index (χ4n) is 3.74. The van der Waals surface area contributed by atoms with Crippen LogP contribution in [0.1, 0.15) is 43.4 Å². The monoisotopic (exact) mass is 316 g/mol. The van der Waals surface area contributed by atoms with Crippen LogP contribution in [0.3, 0.4) is 0 Å². The van der Waals surface area contributed by atoms with Crippen molar-refractivity contribution in [1.29, 1.82) is 0 Å². The molecule has 3 atom stereocenters. The number of carbonyl (C=O) groups excluding carboxylic acids is 1. The van der Waals surface area contributed by atoms with Gasteiger partial charge in [0.25, 0.3) is 0 Å². The molecule has 0 saturated carbocycles. The number of carbonyl (C=O) groups is 2. The molecular formula is C18H24N2O3. The molecule has 5 heteroatoms. The SMILES string of the molecule is CC1CCCc2ccccc2C1NC(=O)N1CCC(C(=O)O)C1. The Hall–Kier alpha value is -2.04. The number of amides is 2. The van der Waals surface area contributed by atoms with E-state index >= 15 is 0 Å². The van der Waals surface area contributed by atoms with E-state index in [2.05, 4.69) is 24.4 Å². The summed E-state index contributed by atoms with van der Waals surface area (Å²) in [5.74, 6) is -0.867. The molecule has 0 radical (unpaired) electrons. The minimum atomic E-state index is -0.812. The molecule has 2 aliphatic rings. The normalized spacial score (nSPS) is 27.2. The van der Waals surface area contributed by atoms with Crippen LogP contribution < -0.4 is 5.32 Å². The zero-order chi connectivity index (χ0) is 16.4. The number of hydrogen-bond donors (Lipinski definition) is 2. The number of nitrogens with zero attached hydrogens (tertiary/aromatic N) is 1. The van der Waals surface area contributed by atoms with Gasteiger partial charge in [-0.2, -0.15) is 0 Å². The van der Waals surface area contributed by atoms with E-state index in [0.717, 1.165) is 19.3 Å². The minimum absolute atomic E-state index is 0.00470. The van der Waals surface area contributed by atoms with Gasteiger partial charge in [0.05, 0.1) is 12.0 Å². The van der Waals surface area contributed by atoms with Crippen LogP contribution in [0.25, 0.3) is 0 Å². The van der Waals surface area contributed by atoms with E-state index < -0.39 is 11.9 Å². The topological polar surface area (TPSA) is 69.6 Å². The van der Waals surface area contributed by atoms with E-state index in [4.69, 9.17) is 5.11 Å². The Morgan fingerprint density at radius 1 is 1.26 bits per heavy atom. The summed E-state index contributed by atoms with van der Waals surface area (Å²) in [6, 6.07) is 8.18. The number of carboxylic acid groups (broad SMARTS) is 1. The summed E-state index contributed by atoms with van der Waals surface area (Å²) in [6.07, 6.45) is 3.81. The number of nitrogens with one attached hydrogen (secondary N) is 1. The Kier molecular flexibility index (Phi) is 4.55. The molecule has 1 saturated heterocycles. The van der Waals surface area contributed by atoms with Crippen molar-refractivity contribution in [2.24, 2.45) is 11.8 Å². The number of carboxylic acids is 1. The molecule has 1 aromatic carbocycles. The van der Waals surface area contributed by atoms with Crippen LogP contribution in [0.5, 0.6) is 0 Å². The van der Waals surface area contributed by atoms with Gasteiger partial charge in [-0.25, -0.2) is 4.79 Å². The van der Waals surface area contributed by atoms with Gasteiger partial charge in [-0.05, 0) is 42.7 Å². The van der Waals surface area contributed by atoms with Crippen molar-refractivity contribution in [3.63, 3.8) is 0 Å². The number of benzene rings is 1. The average molecular weight is 316 g/mol. The van der Waals surface area contributed by atoms with E-state index in [1.54, 1.807) is 4.90 Å². The maximum atomic E-state index is 12.6. The zero-order valence-corrected chi connectivity index (χ0v) is 13.5. The molecule has 2 N–H and O–H groups in total. The molecule has 0 bridgehead atoms. The Morgan fingerprint density at radius 3 is 2.78 bits per heavy atom. The molecule has 1 fully saturated rings. The van der Waals surface area contributed by atoms with Gasteiger partial charge in [-0.1, -0.05) is 31.2 Å². The lowest BCUT2D eigenvalue weighted by Gasteiger charge is -2.27. The van der Waals surface area contributed by atoms with Gasteiger partial charge in [0.15, 0.2) is 0 Å². The Bertz CT molecular complexity index is 602. The predicted molar refractivity (Wildman–Crippen MR) is 87.1 cm³/mol. The van der Waals surface area contributed by atoms with E-state index in [1.165, 1.54) is 11.1 Å². The minimum Gasteiger partial charge on any atom is -0.481 e. The first-order valence-corrected chi connectivity index (χ1v) is 8.42. The van der Waals surface area contributed by atoms with E-state index in [-0.39, 0.29) is 12.1 Å². The first kappa shape index (κ1) is 15.8. The second-order valence-electron chi connectivity index (χ2n) is 6.77. The molecule has 0 spiro atoms. The summed E-state index contributed by atoms with van der Waals surface area (Å²) in [5.41, 5.74) is 2.52. The Morgan fingerprint density at radius 2 is 2.04 bits per heavy atom.